The van der Waals surface area contributed by atoms with E-state index in [1.54, 1.807) is 35.2 Å². The second-order valence-corrected chi connectivity index (χ2v) is 10.4. The van der Waals surface area contributed by atoms with E-state index in [-0.39, 0.29) is 30.4 Å². The Balaban J connectivity index is 1.38. The first-order valence-corrected chi connectivity index (χ1v) is 12.5. The molecule has 0 saturated carbocycles. The van der Waals surface area contributed by atoms with E-state index in [0.29, 0.717) is 39.8 Å². The van der Waals surface area contributed by atoms with Crippen molar-refractivity contribution >= 4 is 27.9 Å². The maximum atomic E-state index is 15.1. The van der Waals surface area contributed by atoms with Crippen LogP contribution in [0.4, 0.5) is 9.18 Å². The molecular weight excluding hydrogens is 491 g/mol. The molecule has 0 radical (unpaired) electrons. The van der Waals surface area contributed by atoms with Gasteiger partial charge in [0.05, 0.1) is 24.1 Å². The fourth-order valence-corrected chi connectivity index (χ4v) is 4.62. The van der Waals surface area contributed by atoms with E-state index in [1.165, 1.54) is 13.4 Å². The molecule has 0 aliphatic carbocycles. The minimum atomic E-state index is -0.568. The van der Waals surface area contributed by atoms with Crippen LogP contribution in [-0.2, 0) is 4.74 Å². The number of halogens is 1. The molecule has 38 heavy (non-hydrogen) atoms. The standard InChI is InChI=1S/C28H31FN4O5/c1-16-11-18-20(32-16)8-9-22(25(18)29)37-26-19-12-23(35-5)24(13-21(19)30-15-31-26)36-14-17-7-6-10-33(17)27(34)38-28(2,3)4/h8-9,11-13,15,17,32H,6-7,10,14H2,1-5H3/t17-/m1/s1. The summed E-state index contributed by atoms with van der Waals surface area (Å²) in [6.07, 6.45) is 2.70. The Morgan fingerprint density at radius 1 is 1.13 bits per heavy atom. The first kappa shape index (κ1) is 25.6. The topological polar surface area (TPSA) is 98.8 Å². The predicted molar refractivity (Wildman–Crippen MR) is 141 cm³/mol. The lowest BCUT2D eigenvalue weighted by atomic mass is 10.2. The van der Waals surface area contributed by atoms with Crippen molar-refractivity contribution in [3.63, 3.8) is 0 Å². The molecule has 0 unspecified atom stereocenters. The van der Waals surface area contributed by atoms with Gasteiger partial charge in [0.2, 0.25) is 5.88 Å². The summed E-state index contributed by atoms with van der Waals surface area (Å²) in [4.78, 5) is 26.0. The Bertz CT molecular complexity index is 1500. The second kappa shape index (κ2) is 10.00. The summed E-state index contributed by atoms with van der Waals surface area (Å²) in [6.45, 7) is 8.30. The Hall–Kier alpha value is -4.08. The number of ether oxygens (including phenoxy) is 4. The zero-order valence-corrected chi connectivity index (χ0v) is 22.1. The van der Waals surface area contributed by atoms with Gasteiger partial charge in [-0.1, -0.05) is 0 Å². The van der Waals surface area contributed by atoms with Gasteiger partial charge in [0.25, 0.3) is 0 Å². The van der Waals surface area contributed by atoms with Gasteiger partial charge in [-0.3, -0.25) is 0 Å². The van der Waals surface area contributed by atoms with E-state index < -0.39 is 11.4 Å². The normalized spacial score (nSPS) is 15.7. The molecule has 4 aromatic rings. The molecule has 9 nitrogen and oxygen atoms in total. The average molecular weight is 523 g/mol. The van der Waals surface area contributed by atoms with Crippen LogP contribution in [0.25, 0.3) is 21.8 Å². The molecule has 1 aliphatic rings. The number of methoxy groups -OCH3 is 1. The zero-order valence-electron chi connectivity index (χ0n) is 22.1. The van der Waals surface area contributed by atoms with Gasteiger partial charge >= 0.3 is 6.09 Å². The molecule has 2 aromatic carbocycles. The number of H-pyrrole nitrogens is 1. The van der Waals surface area contributed by atoms with E-state index in [0.717, 1.165) is 18.5 Å². The highest BCUT2D eigenvalue weighted by Gasteiger charge is 2.33. The van der Waals surface area contributed by atoms with Crippen LogP contribution in [0.3, 0.4) is 0 Å². The van der Waals surface area contributed by atoms with Gasteiger partial charge in [0, 0.05) is 29.2 Å². The number of amides is 1. The fourth-order valence-electron chi connectivity index (χ4n) is 4.62. The van der Waals surface area contributed by atoms with E-state index >= 15 is 4.39 Å². The van der Waals surface area contributed by atoms with Gasteiger partial charge in [0.1, 0.15) is 18.5 Å². The highest BCUT2D eigenvalue weighted by Crippen LogP contribution is 2.38. The lowest BCUT2D eigenvalue weighted by Gasteiger charge is -2.28. The summed E-state index contributed by atoms with van der Waals surface area (Å²) in [5.74, 6) is 0.681. The van der Waals surface area contributed by atoms with Crippen molar-refractivity contribution in [1.82, 2.24) is 19.9 Å². The van der Waals surface area contributed by atoms with Crippen LogP contribution in [0, 0.1) is 12.7 Å². The summed E-state index contributed by atoms with van der Waals surface area (Å²) in [6, 6.07) is 8.37. The van der Waals surface area contributed by atoms with E-state index in [1.807, 2.05) is 27.7 Å². The zero-order chi connectivity index (χ0) is 27.0. The third-order valence-electron chi connectivity index (χ3n) is 6.36. The number of aromatic nitrogens is 3. The number of hydrogen-bond donors (Lipinski definition) is 1. The largest absolute Gasteiger partial charge is 0.493 e. The third kappa shape index (κ3) is 5.16. The van der Waals surface area contributed by atoms with Crippen LogP contribution in [0.15, 0.2) is 36.7 Å². The molecule has 1 N–H and O–H groups in total. The van der Waals surface area contributed by atoms with Crippen LogP contribution in [0.5, 0.6) is 23.1 Å². The number of benzene rings is 2. The summed E-state index contributed by atoms with van der Waals surface area (Å²) < 4.78 is 38.3. The number of fused-ring (bicyclic) bond motifs is 2. The molecular formula is C28H31FN4O5. The highest BCUT2D eigenvalue weighted by molar-refractivity contribution is 5.87. The smallest absolute Gasteiger partial charge is 0.410 e. The summed E-state index contributed by atoms with van der Waals surface area (Å²) >= 11 is 0. The second-order valence-electron chi connectivity index (χ2n) is 10.4. The lowest BCUT2D eigenvalue weighted by molar-refractivity contribution is 0.0187. The first-order valence-electron chi connectivity index (χ1n) is 12.5. The van der Waals surface area contributed by atoms with E-state index in [9.17, 15) is 4.79 Å². The summed E-state index contributed by atoms with van der Waals surface area (Å²) in [5.41, 5.74) is 1.52. The van der Waals surface area contributed by atoms with E-state index in [2.05, 4.69) is 15.0 Å². The van der Waals surface area contributed by atoms with Crippen LogP contribution in [-0.4, -0.2) is 57.8 Å². The molecule has 5 rings (SSSR count). The third-order valence-corrected chi connectivity index (χ3v) is 6.36. The highest BCUT2D eigenvalue weighted by atomic mass is 19.1. The maximum absolute atomic E-state index is 15.1. The molecule has 1 amide bonds. The number of nitrogens with one attached hydrogen (secondary N) is 1. The molecule has 2 aromatic heterocycles. The van der Waals surface area contributed by atoms with Crippen molar-refractivity contribution in [2.24, 2.45) is 0 Å². The molecule has 200 valence electrons. The Labute approximate surface area is 219 Å². The minimum absolute atomic E-state index is 0.0549. The quantitative estimate of drug-likeness (QED) is 0.325. The molecule has 1 saturated heterocycles. The number of rotatable bonds is 6. The molecule has 10 heteroatoms. The monoisotopic (exact) mass is 522 g/mol. The molecule has 1 fully saturated rings. The van der Waals surface area contributed by atoms with Crippen LogP contribution >= 0.6 is 0 Å². The minimum Gasteiger partial charge on any atom is -0.493 e. The van der Waals surface area contributed by atoms with Crippen molar-refractivity contribution in [2.45, 2.75) is 52.2 Å². The molecule has 0 bridgehead atoms. The van der Waals surface area contributed by atoms with Gasteiger partial charge in [-0.25, -0.2) is 19.2 Å². The van der Waals surface area contributed by atoms with Gasteiger partial charge in [-0.15, -0.1) is 0 Å². The number of aromatic amines is 1. The molecule has 1 atom stereocenters. The van der Waals surface area contributed by atoms with Gasteiger partial charge < -0.3 is 28.8 Å². The van der Waals surface area contributed by atoms with Crippen molar-refractivity contribution < 1.29 is 28.1 Å². The predicted octanol–water partition coefficient (Wildman–Crippen LogP) is 6.14. The number of carbonyl (C=O) groups is 1. The molecule has 3 heterocycles. The molecule has 1 aliphatic heterocycles. The fraction of sp³-hybridized carbons (Fsp3) is 0.393. The SMILES string of the molecule is COc1cc2c(Oc3ccc4[nH]c(C)cc4c3F)ncnc2cc1OC[C@H]1CCCN1C(=O)OC(C)(C)C. The van der Waals surface area contributed by atoms with Crippen LogP contribution in [0.2, 0.25) is 0 Å². The number of aryl methyl sites for hydroxylation is 1. The number of hydrogen-bond acceptors (Lipinski definition) is 7. The van der Waals surface area contributed by atoms with Crippen LogP contribution in [0.1, 0.15) is 39.3 Å². The van der Waals surface area contributed by atoms with Gasteiger partial charge in [-0.2, -0.15) is 0 Å². The lowest BCUT2D eigenvalue weighted by Crippen LogP contribution is -2.42. The van der Waals surface area contributed by atoms with Gasteiger partial charge in [0.15, 0.2) is 23.1 Å². The summed E-state index contributed by atoms with van der Waals surface area (Å²) in [7, 11) is 1.53. The van der Waals surface area contributed by atoms with Crippen molar-refractivity contribution in [2.75, 3.05) is 20.3 Å². The maximum Gasteiger partial charge on any atom is 0.410 e. The summed E-state index contributed by atoms with van der Waals surface area (Å²) in [5, 5.41) is 0.983. The average Bonchev–Trinajstić information content (AvgIpc) is 3.49. The Morgan fingerprint density at radius 2 is 1.95 bits per heavy atom. The number of carbonyl (C=O) groups excluding carboxylic acids is 1. The van der Waals surface area contributed by atoms with Crippen LogP contribution < -0.4 is 14.2 Å². The first-order chi connectivity index (χ1) is 18.1. The van der Waals surface area contributed by atoms with Crippen molar-refractivity contribution in [3.8, 4) is 23.1 Å². The Kier molecular flexibility index (Phi) is 6.73. The van der Waals surface area contributed by atoms with Crippen molar-refractivity contribution in [3.05, 3.63) is 48.2 Å². The Morgan fingerprint density at radius 3 is 2.71 bits per heavy atom. The van der Waals surface area contributed by atoms with Gasteiger partial charge in [-0.05, 0) is 64.8 Å². The number of likely N-dealkylation sites (tertiary alicyclic amines) is 1. The molecule has 0 spiro atoms. The number of nitrogens with zero attached hydrogens (tertiary/aromatic N) is 3. The van der Waals surface area contributed by atoms with Crippen molar-refractivity contribution in [1.29, 1.82) is 0 Å². The van der Waals surface area contributed by atoms with E-state index in [4.69, 9.17) is 18.9 Å².